The van der Waals surface area contributed by atoms with Crippen LogP contribution in [-0.4, -0.2) is 49.7 Å². The second kappa shape index (κ2) is 6.77. The van der Waals surface area contributed by atoms with Crippen LogP contribution < -0.4 is 0 Å². The summed E-state index contributed by atoms with van der Waals surface area (Å²) in [6, 6.07) is 6.27. The fraction of sp³-hybridized carbons (Fsp3) is 0.500. The zero-order valence-corrected chi connectivity index (χ0v) is 13.5. The van der Waals surface area contributed by atoms with E-state index in [1.54, 1.807) is 23.1 Å². The van der Waals surface area contributed by atoms with E-state index in [0.717, 1.165) is 0 Å². The molecule has 0 spiro atoms. The molecule has 0 radical (unpaired) electrons. The normalized spacial score (nSPS) is 17.5. The molecule has 0 saturated carbocycles. The number of amides is 1. The number of rotatable bonds is 3. The summed E-state index contributed by atoms with van der Waals surface area (Å²) in [6.45, 7) is 3.59. The van der Waals surface area contributed by atoms with Gasteiger partial charge in [-0.15, -0.1) is 0 Å². The lowest BCUT2D eigenvalue weighted by Gasteiger charge is -2.21. The molecule has 1 heterocycles. The van der Waals surface area contributed by atoms with Gasteiger partial charge in [-0.3, -0.25) is 4.79 Å². The van der Waals surface area contributed by atoms with Crippen molar-refractivity contribution in [1.82, 2.24) is 9.21 Å². The van der Waals surface area contributed by atoms with Crippen LogP contribution in [0.2, 0.25) is 5.02 Å². The number of nitrogens with zero attached hydrogens (tertiary/aromatic N) is 2. The first kappa shape index (κ1) is 16.3. The van der Waals surface area contributed by atoms with Crippen LogP contribution >= 0.6 is 11.6 Å². The van der Waals surface area contributed by atoms with Gasteiger partial charge in [-0.05, 0) is 24.6 Å². The lowest BCUT2D eigenvalue weighted by Crippen LogP contribution is -2.37. The van der Waals surface area contributed by atoms with Gasteiger partial charge in [0.2, 0.25) is 15.9 Å². The summed E-state index contributed by atoms with van der Waals surface area (Å²) in [7, 11) is -3.55. The van der Waals surface area contributed by atoms with Crippen molar-refractivity contribution in [1.29, 1.82) is 0 Å². The van der Waals surface area contributed by atoms with Crippen LogP contribution in [0.25, 0.3) is 0 Å². The van der Waals surface area contributed by atoms with Crippen molar-refractivity contribution in [3.8, 4) is 0 Å². The van der Waals surface area contributed by atoms with Gasteiger partial charge in [-0.2, -0.15) is 4.31 Å². The maximum absolute atomic E-state index is 12.6. The van der Waals surface area contributed by atoms with E-state index in [1.807, 2.05) is 6.92 Å². The molecule has 1 saturated heterocycles. The summed E-state index contributed by atoms with van der Waals surface area (Å²) in [4.78, 5) is 13.7. The Morgan fingerprint density at radius 3 is 2.67 bits per heavy atom. The maximum atomic E-state index is 12.6. The average Bonchev–Trinajstić information content (AvgIpc) is 2.72. The summed E-state index contributed by atoms with van der Waals surface area (Å²) >= 11 is 5.87. The van der Waals surface area contributed by atoms with Crippen molar-refractivity contribution >= 4 is 27.5 Å². The molecule has 116 valence electrons. The molecule has 1 amide bonds. The second-order valence-electron chi connectivity index (χ2n) is 4.95. The monoisotopic (exact) mass is 330 g/mol. The molecule has 5 nitrogen and oxygen atoms in total. The van der Waals surface area contributed by atoms with Crippen molar-refractivity contribution < 1.29 is 13.2 Å². The summed E-state index contributed by atoms with van der Waals surface area (Å²) in [5, 5.41) is 0.397. The fourth-order valence-electron chi connectivity index (χ4n) is 2.38. The Balaban J connectivity index is 2.16. The van der Waals surface area contributed by atoms with Gasteiger partial charge in [-0.25, -0.2) is 8.42 Å². The smallest absolute Gasteiger partial charge is 0.243 e. The van der Waals surface area contributed by atoms with E-state index in [1.165, 1.54) is 10.4 Å². The number of hydrogen-bond acceptors (Lipinski definition) is 3. The van der Waals surface area contributed by atoms with E-state index in [-0.39, 0.29) is 10.8 Å². The number of sulfonamides is 1. The zero-order valence-electron chi connectivity index (χ0n) is 12.0. The first-order valence-electron chi connectivity index (χ1n) is 6.98. The van der Waals surface area contributed by atoms with Crippen LogP contribution in [0.3, 0.4) is 0 Å². The van der Waals surface area contributed by atoms with Crippen molar-refractivity contribution in [3.05, 3.63) is 29.3 Å². The molecular formula is C14H19ClN2O3S. The highest BCUT2D eigenvalue weighted by Crippen LogP contribution is 2.21. The van der Waals surface area contributed by atoms with E-state index in [4.69, 9.17) is 11.6 Å². The largest absolute Gasteiger partial charge is 0.341 e. The fourth-order valence-corrected chi connectivity index (χ4v) is 4.15. The van der Waals surface area contributed by atoms with E-state index in [0.29, 0.717) is 44.0 Å². The number of carbonyl (C=O) groups excluding carboxylic acids is 1. The first-order chi connectivity index (χ1) is 9.95. The summed E-state index contributed by atoms with van der Waals surface area (Å²) in [5.74, 6) is 0.0667. The first-order valence-corrected chi connectivity index (χ1v) is 8.80. The Bertz CT molecular complexity index is 618. The molecule has 0 aromatic heterocycles. The van der Waals surface area contributed by atoms with Crippen molar-refractivity contribution in [2.24, 2.45) is 0 Å². The third-order valence-electron chi connectivity index (χ3n) is 3.54. The minimum atomic E-state index is -3.55. The predicted molar refractivity (Wildman–Crippen MR) is 81.7 cm³/mol. The zero-order chi connectivity index (χ0) is 15.5. The van der Waals surface area contributed by atoms with Crippen LogP contribution in [0, 0.1) is 0 Å². The third-order valence-corrected chi connectivity index (χ3v) is 5.67. The lowest BCUT2D eigenvalue weighted by molar-refractivity contribution is -0.130. The highest BCUT2D eigenvalue weighted by Gasteiger charge is 2.27. The molecule has 0 N–H and O–H groups in total. The SMILES string of the molecule is CCC(=O)N1CCCN(S(=O)(=O)c2cccc(Cl)c2)CC1. The molecule has 1 fully saturated rings. The molecule has 0 bridgehead atoms. The summed E-state index contributed by atoms with van der Waals surface area (Å²) < 4.78 is 26.6. The number of hydrogen-bond donors (Lipinski definition) is 0. The molecule has 1 aliphatic rings. The Labute approximate surface area is 130 Å². The highest BCUT2D eigenvalue weighted by atomic mass is 35.5. The van der Waals surface area contributed by atoms with Gasteiger partial charge in [0, 0.05) is 37.6 Å². The molecule has 1 aliphatic heterocycles. The number of halogens is 1. The van der Waals surface area contributed by atoms with Crippen LogP contribution in [-0.2, 0) is 14.8 Å². The molecule has 0 aliphatic carbocycles. The lowest BCUT2D eigenvalue weighted by atomic mass is 10.3. The van der Waals surface area contributed by atoms with Crippen LogP contribution in [0.1, 0.15) is 19.8 Å². The molecule has 21 heavy (non-hydrogen) atoms. The van der Waals surface area contributed by atoms with Crippen LogP contribution in [0.5, 0.6) is 0 Å². The quantitative estimate of drug-likeness (QED) is 0.851. The predicted octanol–water partition coefficient (Wildman–Crippen LogP) is 1.97. The molecule has 0 unspecified atom stereocenters. The van der Waals surface area contributed by atoms with Gasteiger partial charge in [-0.1, -0.05) is 24.6 Å². The Morgan fingerprint density at radius 1 is 1.24 bits per heavy atom. The molecular weight excluding hydrogens is 312 g/mol. The topological polar surface area (TPSA) is 57.7 Å². The maximum Gasteiger partial charge on any atom is 0.243 e. The molecule has 2 rings (SSSR count). The van der Waals surface area contributed by atoms with Gasteiger partial charge in [0.05, 0.1) is 4.90 Å². The third kappa shape index (κ3) is 3.75. The average molecular weight is 331 g/mol. The minimum absolute atomic E-state index is 0.0667. The van der Waals surface area contributed by atoms with Gasteiger partial charge >= 0.3 is 0 Å². The Kier molecular flexibility index (Phi) is 5.24. The Hall–Kier alpha value is -1.11. The van der Waals surface area contributed by atoms with E-state index in [9.17, 15) is 13.2 Å². The van der Waals surface area contributed by atoms with Crippen molar-refractivity contribution in [2.45, 2.75) is 24.7 Å². The number of benzene rings is 1. The van der Waals surface area contributed by atoms with E-state index >= 15 is 0 Å². The highest BCUT2D eigenvalue weighted by molar-refractivity contribution is 7.89. The molecule has 1 aromatic carbocycles. The van der Waals surface area contributed by atoms with Crippen LogP contribution in [0.15, 0.2) is 29.2 Å². The standard InChI is InChI=1S/C14H19ClN2O3S/c1-2-14(18)16-7-4-8-17(10-9-16)21(19,20)13-6-3-5-12(15)11-13/h3,5-6,11H,2,4,7-10H2,1H3. The molecule has 0 atom stereocenters. The summed E-state index contributed by atoms with van der Waals surface area (Å²) in [5.41, 5.74) is 0. The van der Waals surface area contributed by atoms with Gasteiger partial charge in [0.1, 0.15) is 0 Å². The van der Waals surface area contributed by atoms with Crippen molar-refractivity contribution in [3.63, 3.8) is 0 Å². The Morgan fingerprint density at radius 2 is 2.00 bits per heavy atom. The summed E-state index contributed by atoms with van der Waals surface area (Å²) in [6.07, 6.45) is 1.09. The van der Waals surface area contributed by atoms with E-state index in [2.05, 4.69) is 0 Å². The second-order valence-corrected chi connectivity index (χ2v) is 7.32. The molecule has 7 heteroatoms. The van der Waals surface area contributed by atoms with Gasteiger partial charge in [0.15, 0.2) is 0 Å². The minimum Gasteiger partial charge on any atom is -0.341 e. The van der Waals surface area contributed by atoms with Gasteiger partial charge < -0.3 is 4.90 Å². The van der Waals surface area contributed by atoms with Crippen LogP contribution in [0.4, 0.5) is 0 Å². The molecule has 1 aromatic rings. The number of carbonyl (C=O) groups is 1. The van der Waals surface area contributed by atoms with E-state index < -0.39 is 10.0 Å². The van der Waals surface area contributed by atoms with Crippen molar-refractivity contribution in [2.75, 3.05) is 26.2 Å². The van der Waals surface area contributed by atoms with Gasteiger partial charge in [0.25, 0.3) is 0 Å².